The summed E-state index contributed by atoms with van der Waals surface area (Å²) < 4.78 is 0. The van der Waals surface area contributed by atoms with Crippen LogP contribution in [0.2, 0.25) is 0 Å². The van der Waals surface area contributed by atoms with Gasteiger partial charge in [0.2, 0.25) is 0 Å². The first-order valence-corrected chi connectivity index (χ1v) is 6.84. The Labute approximate surface area is 108 Å². The van der Waals surface area contributed by atoms with Gasteiger partial charge >= 0.3 is 0 Å². The zero-order valence-electron chi connectivity index (χ0n) is 11.9. The second-order valence-corrected chi connectivity index (χ2v) is 4.93. The van der Waals surface area contributed by atoms with Crippen molar-refractivity contribution in [3.63, 3.8) is 0 Å². The van der Waals surface area contributed by atoms with E-state index in [0.717, 1.165) is 18.8 Å². The third kappa shape index (κ3) is 8.77. The maximum absolute atomic E-state index is 4.10. The quantitative estimate of drug-likeness (QED) is 0.267. The number of allylic oxidation sites excluding steroid dienone is 4. The van der Waals surface area contributed by atoms with Crippen molar-refractivity contribution in [1.82, 2.24) is 0 Å². The minimum Gasteiger partial charge on any atom is -0.129 e. The SMILES string of the molecule is C=C=CC=C(CC(=C)CC)CC(C)CCCC. The molecule has 0 amide bonds. The summed E-state index contributed by atoms with van der Waals surface area (Å²) in [5.74, 6) is 0.768. The van der Waals surface area contributed by atoms with E-state index in [9.17, 15) is 0 Å². The third-order valence-corrected chi connectivity index (χ3v) is 3.08. The predicted molar refractivity (Wildman–Crippen MR) is 79.1 cm³/mol. The normalized spacial score (nSPS) is 13.0. The van der Waals surface area contributed by atoms with Crippen molar-refractivity contribution in [1.29, 1.82) is 0 Å². The maximum atomic E-state index is 4.10. The van der Waals surface area contributed by atoms with Crippen molar-refractivity contribution in [3.8, 4) is 0 Å². The van der Waals surface area contributed by atoms with Crippen molar-refractivity contribution in [3.05, 3.63) is 42.2 Å². The Morgan fingerprint density at radius 1 is 1.35 bits per heavy atom. The van der Waals surface area contributed by atoms with Gasteiger partial charge in [0.1, 0.15) is 0 Å². The van der Waals surface area contributed by atoms with Gasteiger partial charge in [0.05, 0.1) is 0 Å². The van der Waals surface area contributed by atoms with Gasteiger partial charge in [0.15, 0.2) is 0 Å². The van der Waals surface area contributed by atoms with E-state index >= 15 is 0 Å². The lowest BCUT2D eigenvalue weighted by Gasteiger charge is -2.14. The zero-order valence-corrected chi connectivity index (χ0v) is 11.9. The molecule has 0 heterocycles. The summed E-state index contributed by atoms with van der Waals surface area (Å²) in [4.78, 5) is 0. The van der Waals surface area contributed by atoms with Crippen molar-refractivity contribution in [2.45, 2.75) is 59.3 Å². The molecule has 0 aliphatic carbocycles. The standard InChI is InChI=1S/C17H28/c1-6-9-11-16(5)14-17(12-10-7-2)13-15(4)8-3/h10,12,16H,2,4,6,8-9,11,13-14H2,1,3,5H3. The van der Waals surface area contributed by atoms with Crippen LogP contribution < -0.4 is 0 Å². The monoisotopic (exact) mass is 232 g/mol. The molecular weight excluding hydrogens is 204 g/mol. The molecule has 0 N–H and O–H groups in total. The average molecular weight is 232 g/mol. The van der Waals surface area contributed by atoms with Gasteiger partial charge in [-0.1, -0.05) is 70.4 Å². The van der Waals surface area contributed by atoms with Gasteiger partial charge in [-0.05, 0) is 31.3 Å². The van der Waals surface area contributed by atoms with Crippen LogP contribution in [0, 0.1) is 5.92 Å². The lowest BCUT2D eigenvalue weighted by molar-refractivity contribution is 0.498. The van der Waals surface area contributed by atoms with Gasteiger partial charge in [-0.25, -0.2) is 0 Å². The highest BCUT2D eigenvalue weighted by atomic mass is 14.1. The van der Waals surface area contributed by atoms with Gasteiger partial charge in [-0.2, -0.15) is 0 Å². The maximum Gasteiger partial charge on any atom is -0.0108 e. The van der Waals surface area contributed by atoms with E-state index < -0.39 is 0 Å². The molecule has 0 aromatic rings. The molecular formula is C17H28. The highest BCUT2D eigenvalue weighted by Crippen LogP contribution is 2.23. The molecule has 1 unspecified atom stereocenters. The first-order valence-electron chi connectivity index (χ1n) is 6.84. The Kier molecular flexibility index (Phi) is 9.57. The first kappa shape index (κ1) is 16.0. The van der Waals surface area contributed by atoms with Crippen LogP contribution in [-0.2, 0) is 0 Å². The summed E-state index contributed by atoms with van der Waals surface area (Å²) in [6.45, 7) is 14.5. The lowest BCUT2D eigenvalue weighted by atomic mass is 9.92. The number of hydrogen-bond acceptors (Lipinski definition) is 0. The van der Waals surface area contributed by atoms with Crippen LogP contribution >= 0.6 is 0 Å². The minimum absolute atomic E-state index is 0.768. The summed E-state index contributed by atoms with van der Waals surface area (Å²) in [6, 6.07) is 0. The largest absolute Gasteiger partial charge is 0.129 e. The molecule has 1 atom stereocenters. The van der Waals surface area contributed by atoms with Crippen molar-refractivity contribution in [2.24, 2.45) is 5.92 Å². The summed E-state index contributed by atoms with van der Waals surface area (Å²) in [6.07, 6.45) is 11.3. The molecule has 0 aromatic carbocycles. The van der Waals surface area contributed by atoms with Gasteiger partial charge in [0, 0.05) is 0 Å². The number of hydrogen-bond donors (Lipinski definition) is 0. The van der Waals surface area contributed by atoms with Crippen molar-refractivity contribution in [2.75, 3.05) is 0 Å². The third-order valence-electron chi connectivity index (χ3n) is 3.08. The van der Waals surface area contributed by atoms with Gasteiger partial charge < -0.3 is 0 Å². The topological polar surface area (TPSA) is 0 Å². The Bertz CT molecular complexity index is 287. The van der Waals surface area contributed by atoms with Crippen LogP contribution in [0.1, 0.15) is 59.3 Å². The van der Waals surface area contributed by atoms with E-state index in [0.29, 0.717) is 0 Å². The number of unbranched alkanes of at least 4 members (excludes halogenated alkanes) is 1. The summed E-state index contributed by atoms with van der Waals surface area (Å²) >= 11 is 0. The van der Waals surface area contributed by atoms with Crippen LogP contribution in [-0.4, -0.2) is 0 Å². The van der Waals surface area contributed by atoms with E-state index in [-0.39, 0.29) is 0 Å². The second-order valence-electron chi connectivity index (χ2n) is 4.93. The van der Waals surface area contributed by atoms with Crippen LogP contribution in [0.5, 0.6) is 0 Å². The van der Waals surface area contributed by atoms with Crippen LogP contribution in [0.3, 0.4) is 0 Å². The Balaban J connectivity index is 4.38. The van der Waals surface area contributed by atoms with E-state index in [2.05, 4.69) is 45.7 Å². The van der Waals surface area contributed by atoms with Gasteiger partial charge in [0.25, 0.3) is 0 Å². The molecule has 0 spiro atoms. The summed E-state index contributed by atoms with van der Waals surface area (Å²) in [5.41, 5.74) is 5.61. The Morgan fingerprint density at radius 3 is 2.59 bits per heavy atom. The Morgan fingerprint density at radius 2 is 2.06 bits per heavy atom. The molecule has 17 heavy (non-hydrogen) atoms. The molecule has 0 bridgehead atoms. The molecule has 0 aliphatic rings. The Hall–Kier alpha value is -1.00. The molecule has 0 fully saturated rings. The molecule has 0 saturated carbocycles. The highest BCUT2D eigenvalue weighted by Gasteiger charge is 2.06. The van der Waals surface area contributed by atoms with E-state index in [1.807, 2.05) is 6.08 Å². The average Bonchev–Trinajstić information content (AvgIpc) is 2.33. The molecule has 0 aromatic heterocycles. The van der Waals surface area contributed by atoms with Crippen LogP contribution in [0.15, 0.2) is 42.2 Å². The van der Waals surface area contributed by atoms with Gasteiger partial charge in [-0.15, -0.1) is 5.73 Å². The molecule has 0 saturated heterocycles. The molecule has 0 nitrogen and oxygen atoms in total. The van der Waals surface area contributed by atoms with E-state index in [1.54, 1.807) is 0 Å². The van der Waals surface area contributed by atoms with Crippen LogP contribution in [0.4, 0.5) is 0 Å². The second kappa shape index (κ2) is 10.2. The van der Waals surface area contributed by atoms with Crippen LogP contribution in [0.25, 0.3) is 0 Å². The fraction of sp³-hybridized carbons (Fsp3) is 0.588. The number of rotatable bonds is 9. The first-order chi connectivity index (χ1) is 8.13. The molecule has 0 rings (SSSR count). The molecule has 0 radical (unpaired) electrons. The van der Waals surface area contributed by atoms with E-state index in [1.165, 1.54) is 36.8 Å². The zero-order chi connectivity index (χ0) is 13.1. The van der Waals surface area contributed by atoms with E-state index in [4.69, 9.17) is 0 Å². The van der Waals surface area contributed by atoms with Crippen molar-refractivity contribution < 1.29 is 0 Å². The lowest BCUT2D eigenvalue weighted by Crippen LogP contribution is -1.98. The van der Waals surface area contributed by atoms with Gasteiger partial charge in [-0.3, -0.25) is 0 Å². The summed E-state index contributed by atoms with van der Waals surface area (Å²) in [5, 5.41) is 0. The molecule has 96 valence electrons. The predicted octanol–water partition coefficient (Wildman–Crippen LogP) is 5.83. The summed E-state index contributed by atoms with van der Waals surface area (Å²) in [7, 11) is 0. The molecule has 0 heteroatoms. The highest BCUT2D eigenvalue weighted by molar-refractivity contribution is 5.18. The fourth-order valence-electron chi connectivity index (χ4n) is 1.92. The van der Waals surface area contributed by atoms with Crippen molar-refractivity contribution >= 4 is 0 Å². The minimum atomic E-state index is 0.768. The molecule has 0 aliphatic heterocycles. The fourth-order valence-corrected chi connectivity index (χ4v) is 1.92. The smallest absolute Gasteiger partial charge is 0.0108 e.